The van der Waals surface area contributed by atoms with Crippen molar-refractivity contribution < 1.29 is 4.57 Å². The standard InChI is InChI=1S/C24H29OP/c1-4-24-19(2)17-21(18-20(24)3)15-16-26(25,22-11-7-5-8-12-22)23-13-9-6-10-14-23/h4-15,19-20H,16-18H2,1-3H3. The fraction of sp³-hybridized carbons (Fsp3) is 0.333. The van der Waals surface area contributed by atoms with E-state index in [4.69, 9.17) is 0 Å². The highest BCUT2D eigenvalue weighted by Crippen LogP contribution is 2.45. The van der Waals surface area contributed by atoms with Gasteiger partial charge in [-0.2, -0.15) is 0 Å². The highest BCUT2D eigenvalue weighted by Gasteiger charge is 2.28. The summed E-state index contributed by atoms with van der Waals surface area (Å²) in [6, 6.07) is 20.0. The monoisotopic (exact) mass is 364 g/mol. The number of rotatable bonds is 4. The maximum atomic E-state index is 14.1. The van der Waals surface area contributed by atoms with Crippen molar-refractivity contribution in [3.63, 3.8) is 0 Å². The lowest BCUT2D eigenvalue weighted by molar-refractivity contribution is 0.479. The van der Waals surface area contributed by atoms with E-state index in [0.717, 1.165) is 23.5 Å². The molecule has 2 aromatic rings. The Kier molecular flexibility index (Phi) is 5.99. The molecule has 0 spiro atoms. The Balaban J connectivity index is 1.92. The summed E-state index contributed by atoms with van der Waals surface area (Å²) in [6.07, 6.45) is 7.35. The second kappa shape index (κ2) is 8.23. The van der Waals surface area contributed by atoms with Crippen molar-refractivity contribution in [2.45, 2.75) is 33.6 Å². The average molecular weight is 364 g/mol. The molecular formula is C24H29OP. The molecule has 1 aliphatic rings. The molecule has 2 unspecified atom stereocenters. The molecule has 2 atom stereocenters. The van der Waals surface area contributed by atoms with E-state index in [0.29, 0.717) is 18.0 Å². The van der Waals surface area contributed by atoms with E-state index in [2.05, 4.69) is 32.9 Å². The van der Waals surface area contributed by atoms with Crippen molar-refractivity contribution in [2.24, 2.45) is 11.8 Å². The van der Waals surface area contributed by atoms with Crippen LogP contribution in [0.4, 0.5) is 0 Å². The Morgan fingerprint density at radius 2 is 1.35 bits per heavy atom. The van der Waals surface area contributed by atoms with Crippen LogP contribution in [0.5, 0.6) is 0 Å². The van der Waals surface area contributed by atoms with Gasteiger partial charge in [0.25, 0.3) is 0 Å². The van der Waals surface area contributed by atoms with Crippen LogP contribution >= 0.6 is 7.14 Å². The minimum absolute atomic E-state index is 0.586. The maximum Gasteiger partial charge on any atom is 0.146 e. The largest absolute Gasteiger partial charge is 0.313 e. The second-order valence-electron chi connectivity index (χ2n) is 7.45. The summed E-state index contributed by atoms with van der Waals surface area (Å²) in [5, 5.41) is 1.91. The lowest BCUT2D eigenvalue weighted by Crippen LogP contribution is -2.19. The number of hydrogen-bond donors (Lipinski definition) is 0. The highest BCUT2D eigenvalue weighted by molar-refractivity contribution is 7.78. The predicted molar refractivity (Wildman–Crippen MR) is 114 cm³/mol. The molecule has 0 aliphatic heterocycles. The molecular weight excluding hydrogens is 335 g/mol. The van der Waals surface area contributed by atoms with Gasteiger partial charge >= 0.3 is 0 Å². The van der Waals surface area contributed by atoms with Gasteiger partial charge in [-0.05, 0) is 31.6 Å². The zero-order valence-electron chi connectivity index (χ0n) is 16.1. The van der Waals surface area contributed by atoms with Crippen LogP contribution in [0.25, 0.3) is 0 Å². The second-order valence-corrected chi connectivity index (χ2v) is 10.3. The normalized spacial score (nSPS) is 20.7. The molecule has 0 radical (unpaired) electrons. The first-order valence-corrected chi connectivity index (χ1v) is 11.5. The number of benzene rings is 2. The number of hydrogen-bond acceptors (Lipinski definition) is 1. The molecule has 2 aromatic carbocycles. The third-order valence-electron chi connectivity index (χ3n) is 5.59. The van der Waals surface area contributed by atoms with Gasteiger partial charge in [0.15, 0.2) is 0 Å². The van der Waals surface area contributed by atoms with Gasteiger partial charge in [-0.3, -0.25) is 0 Å². The predicted octanol–water partition coefficient (Wildman–Crippen LogP) is 5.94. The SMILES string of the molecule is CC=C1C(C)CC(=CCP(=O)(c2ccccc2)c2ccccc2)CC1C. The lowest BCUT2D eigenvalue weighted by atomic mass is 9.76. The average Bonchev–Trinajstić information content (AvgIpc) is 2.67. The third kappa shape index (κ3) is 3.94. The zero-order chi connectivity index (χ0) is 18.6. The highest BCUT2D eigenvalue weighted by atomic mass is 31.2. The Morgan fingerprint density at radius 1 is 0.885 bits per heavy atom. The van der Waals surface area contributed by atoms with Gasteiger partial charge in [-0.1, -0.05) is 97.8 Å². The molecule has 0 amide bonds. The molecule has 26 heavy (non-hydrogen) atoms. The molecule has 0 N–H and O–H groups in total. The molecule has 1 nitrogen and oxygen atoms in total. The van der Waals surface area contributed by atoms with Gasteiger partial charge in [0, 0.05) is 16.8 Å². The van der Waals surface area contributed by atoms with E-state index in [1.165, 1.54) is 5.57 Å². The van der Waals surface area contributed by atoms with Crippen LogP contribution in [0.1, 0.15) is 33.6 Å². The van der Waals surface area contributed by atoms with Crippen LogP contribution < -0.4 is 10.6 Å². The van der Waals surface area contributed by atoms with Gasteiger partial charge in [0.1, 0.15) is 7.14 Å². The van der Waals surface area contributed by atoms with Crippen LogP contribution in [0.2, 0.25) is 0 Å². The van der Waals surface area contributed by atoms with Crippen molar-refractivity contribution >= 4 is 17.8 Å². The quantitative estimate of drug-likeness (QED) is 0.485. The van der Waals surface area contributed by atoms with E-state index in [9.17, 15) is 4.57 Å². The molecule has 1 fully saturated rings. The fourth-order valence-electron chi connectivity index (χ4n) is 4.28. The number of allylic oxidation sites excluding steroid dienone is 4. The lowest BCUT2D eigenvalue weighted by Gasteiger charge is -2.30. The minimum Gasteiger partial charge on any atom is -0.313 e. The van der Waals surface area contributed by atoms with E-state index in [1.807, 2.05) is 60.7 Å². The van der Waals surface area contributed by atoms with E-state index >= 15 is 0 Å². The van der Waals surface area contributed by atoms with Gasteiger partial charge in [-0.15, -0.1) is 0 Å². The van der Waals surface area contributed by atoms with Crippen LogP contribution in [0.3, 0.4) is 0 Å². The molecule has 0 aromatic heterocycles. The first-order chi connectivity index (χ1) is 12.5. The fourth-order valence-corrected chi connectivity index (χ4v) is 6.82. The molecule has 1 saturated carbocycles. The van der Waals surface area contributed by atoms with Crippen molar-refractivity contribution in [3.8, 4) is 0 Å². The van der Waals surface area contributed by atoms with Crippen LogP contribution in [0.15, 0.2) is 84.0 Å². The molecule has 0 saturated heterocycles. The van der Waals surface area contributed by atoms with Crippen molar-refractivity contribution in [1.82, 2.24) is 0 Å². The molecule has 0 bridgehead atoms. The molecule has 2 heteroatoms. The smallest absolute Gasteiger partial charge is 0.146 e. The summed E-state index contributed by atoms with van der Waals surface area (Å²) in [5.74, 6) is 1.17. The summed E-state index contributed by atoms with van der Waals surface area (Å²) in [7, 11) is -2.64. The maximum absolute atomic E-state index is 14.1. The first kappa shape index (κ1) is 18.9. The van der Waals surface area contributed by atoms with Gasteiger partial charge in [0.05, 0.1) is 0 Å². The summed E-state index contributed by atoms with van der Waals surface area (Å²) in [6.45, 7) is 6.77. The summed E-state index contributed by atoms with van der Waals surface area (Å²) >= 11 is 0. The first-order valence-electron chi connectivity index (χ1n) is 9.59. The van der Waals surface area contributed by atoms with Gasteiger partial charge in [0.2, 0.25) is 0 Å². The van der Waals surface area contributed by atoms with Gasteiger partial charge in [-0.25, -0.2) is 0 Å². The van der Waals surface area contributed by atoms with E-state index in [-0.39, 0.29) is 0 Å². The molecule has 0 heterocycles. The van der Waals surface area contributed by atoms with Crippen molar-refractivity contribution in [1.29, 1.82) is 0 Å². The molecule has 3 rings (SSSR count). The van der Waals surface area contributed by atoms with Crippen molar-refractivity contribution in [2.75, 3.05) is 6.16 Å². The van der Waals surface area contributed by atoms with Crippen LogP contribution in [-0.4, -0.2) is 6.16 Å². The Bertz CT molecular complexity index is 774. The van der Waals surface area contributed by atoms with Crippen molar-refractivity contribution in [3.05, 3.63) is 84.0 Å². The van der Waals surface area contributed by atoms with E-state index < -0.39 is 7.14 Å². The van der Waals surface area contributed by atoms with E-state index in [1.54, 1.807) is 5.57 Å². The molecule has 136 valence electrons. The van der Waals surface area contributed by atoms with Crippen LogP contribution in [0, 0.1) is 11.8 Å². The zero-order valence-corrected chi connectivity index (χ0v) is 17.0. The summed E-state index contributed by atoms with van der Waals surface area (Å²) < 4.78 is 14.1. The minimum atomic E-state index is -2.64. The van der Waals surface area contributed by atoms with Gasteiger partial charge < -0.3 is 4.57 Å². The van der Waals surface area contributed by atoms with Crippen LogP contribution in [-0.2, 0) is 4.57 Å². The Hall–Kier alpha value is -1.85. The Morgan fingerprint density at radius 3 is 1.77 bits per heavy atom. The third-order valence-corrected chi connectivity index (χ3v) is 8.55. The summed E-state index contributed by atoms with van der Waals surface area (Å²) in [4.78, 5) is 0. The topological polar surface area (TPSA) is 17.1 Å². The Labute approximate surface area is 158 Å². The molecule has 1 aliphatic carbocycles. The summed E-state index contributed by atoms with van der Waals surface area (Å²) in [5.41, 5.74) is 3.03.